The zero-order valence-electron chi connectivity index (χ0n) is 12.1. The highest BCUT2D eigenvalue weighted by Crippen LogP contribution is 2.13. The molecule has 0 radical (unpaired) electrons. The Kier molecular flexibility index (Phi) is 4.93. The predicted octanol–water partition coefficient (Wildman–Crippen LogP) is 3.48. The van der Waals surface area contributed by atoms with Crippen LogP contribution in [0, 0.1) is 13.8 Å². The highest BCUT2D eigenvalue weighted by molar-refractivity contribution is 7.08. The van der Waals surface area contributed by atoms with Crippen molar-refractivity contribution in [1.29, 1.82) is 0 Å². The summed E-state index contributed by atoms with van der Waals surface area (Å²) in [6, 6.07) is 7.59. The lowest BCUT2D eigenvalue weighted by molar-refractivity contribution is -0.117. The number of carbonyl (C=O) groups excluding carboxylic acids is 1. The van der Waals surface area contributed by atoms with Crippen LogP contribution < -0.4 is 10.6 Å². The van der Waals surface area contributed by atoms with Crippen molar-refractivity contribution in [1.82, 2.24) is 5.32 Å². The van der Waals surface area contributed by atoms with E-state index < -0.39 is 0 Å². The number of hydrogen-bond donors (Lipinski definition) is 2. The Balaban J connectivity index is 1.86. The van der Waals surface area contributed by atoms with Gasteiger partial charge in [-0.15, -0.1) is 0 Å². The fourth-order valence-electron chi connectivity index (χ4n) is 1.81. The van der Waals surface area contributed by atoms with Gasteiger partial charge in [0.25, 0.3) is 0 Å². The summed E-state index contributed by atoms with van der Waals surface area (Å²) in [7, 11) is 0. The predicted molar refractivity (Wildman–Crippen MR) is 85.2 cm³/mol. The van der Waals surface area contributed by atoms with Gasteiger partial charge in [-0.1, -0.05) is 17.7 Å². The van der Waals surface area contributed by atoms with Crippen LogP contribution >= 0.6 is 11.3 Å². The number of rotatable bonds is 5. The fourth-order valence-corrected chi connectivity index (χ4v) is 2.67. The molecule has 1 unspecified atom stereocenters. The normalized spacial score (nSPS) is 12.2. The molecule has 106 valence electrons. The summed E-state index contributed by atoms with van der Waals surface area (Å²) in [4.78, 5) is 12.1. The molecule has 0 spiro atoms. The van der Waals surface area contributed by atoms with Crippen molar-refractivity contribution in [2.24, 2.45) is 0 Å². The lowest BCUT2D eigenvalue weighted by atomic mass is 10.2. The van der Waals surface area contributed by atoms with E-state index in [0.29, 0.717) is 0 Å². The Labute approximate surface area is 124 Å². The molecule has 0 aliphatic rings. The van der Waals surface area contributed by atoms with Crippen molar-refractivity contribution in [2.75, 3.05) is 5.32 Å². The van der Waals surface area contributed by atoms with Crippen LogP contribution in [0.4, 0.5) is 5.69 Å². The van der Waals surface area contributed by atoms with Crippen LogP contribution in [-0.2, 0) is 11.3 Å². The molecule has 0 saturated heterocycles. The summed E-state index contributed by atoms with van der Waals surface area (Å²) < 4.78 is 0. The van der Waals surface area contributed by atoms with E-state index in [2.05, 4.69) is 28.3 Å². The Bertz CT molecular complexity index is 574. The van der Waals surface area contributed by atoms with Crippen LogP contribution in [0.3, 0.4) is 0 Å². The molecule has 1 aromatic heterocycles. The molecule has 0 bridgehead atoms. The Morgan fingerprint density at radius 3 is 2.50 bits per heavy atom. The fraction of sp³-hybridized carbons (Fsp3) is 0.312. The van der Waals surface area contributed by atoms with Crippen molar-refractivity contribution in [3.8, 4) is 0 Å². The summed E-state index contributed by atoms with van der Waals surface area (Å²) >= 11 is 1.69. The van der Waals surface area contributed by atoms with Gasteiger partial charge in [-0.2, -0.15) is 11.3 Å². The van der Waals surface area contributed by atoms with Gasteiger partial charge in [0.05, 0.1) is 6.04 Å². The van der Waals surface area contributed by atoms with Gasteiger partial charge in [0, 0.05) is 12.2 Å². The molecule has 0 fully saturated rings. The molecule has 3 nitrogen and oxygen atoms in total. The number of carbonyl (C=O) groups is 1. The van der Waals surface area contributed by atoms with Crippen LogP contribution in [0.15, 0.2) is 35.0 Å². The molecular formula is C16H20N2OS. The summed E-state index contributed by atoms with van der Waals surface area (Å²) in [5, 5.41) is 10.4. The minimum absolute atomic E-state index is 0.0123. The van der Waals surface area contributed by atoms with Gasteiger partial charge in [0.2, 0.25) is 5.91 Å². The molecule has 0 saturated carbocycles. The van der Waals surface area contributed by atoms with E-state index in [1.165, 1.54) is 16.7 Å². The highest BCUT2D eigenvalue weighted by atomic mass is 32.1. The zero-order chi connectivity index (χ0) is 14.5. The molecule has 2 rings (SSSR count). The van der Waals surface area contributed by atoms with E-state index >= 15 is 0 Å². The van der Waals surface area contributed by atoms with Crippen LogP contribution in [0.1, 0.15) is 23.6 Å². The summed E-state index contributed by atoms with van der Waals surface area (Å²) in [5.41, 5.74) is 4.54. The van der Waals surface area contributed by atoms with Gasteiger partial charge in [0.15, 0.2) is 0 Å². The lowest BCUT2D eigenvalue weighted by Gasteiger charge is -2.14. The Hall–Kier alpha value is -1.65. The van der Waals surface area contributed by atoms with Gasteiger partial charge in [-0.3, -0.25) is 4.79 Å². The highest BCUT2D eigenvalue weighted by Gasteiger charge is 2.12. The zero-order valence-corrected chi connectivity index (χ0v) is 12.9. The SMILES string of the molecule is Cc1ccc(NC(=O)C(C)NCc2cscc2C)cc1. The minimum atomic E-state index is -0.226. The smallest absolute Gasteiger partial charge is 0.241 e. The first-order chi connectivity index (χ1) is 9.56. The number of amides is 1. The van der Waals surface area contributed by atoms with Crippen LogP contribution in [0.25, 0.3) is 0 Å². The Morgan fingerprint density at radius 2 is 1.90 bits per heavy atom. The summed E-state index contributed by atoms with van der Waals surface area (Å²) in [6.45, 7) is 6.71. The third-order valence-electron chi connectivity index (χ3n) is 3.27. The van der Waals surface area contributed by atoms with E-state index in [4.69, 9.17) is 0 Å². The monoisotopic (exact) mass is 288 g/mol. The second kappa shape index (κ2) is 6.68. The molecule has 2 aromatic rings. The molecule has 0 aliphatic heterocycles. The summed E-state index contributed by atoms with van der Waals surface area (Å²) in [6.07, 6.45) is 0. The largest absolute Gasteiger partial charge is 0.325 e. The second-order valence-electron chi connectivity index (χ2n) is 5.04. The molecule has 0 aliphatic carbocycles. The topological polar surface area (TPSA) is 41.1 Å². The number of hydrogen-bond acceptors (Lipinski definition) is 3. The first-order valence-electron chi connectivity index (χ1n) is 6.69. The van der Waals surface area contributed by atoms with E-state index in [1.54, 1.807) is 11.3 Å². The number of nitrogens with one attached hydrogen (secondary N) is 2. The first-order valence-corrected chi connectivity index (χ1v) is 7.63. The third-order valence-corrected chi connectivity index (χ3v) is 4.18. The Morgan fingerprint density at radius 1 is 1.20 bits per heavy atom. The van der Waals surface area contributed by atoms with E-state index in [-0.39, 0.29) is 11.9 Å². The quantitative estimate of drug-likeness (QED) is 0.884. The maximum atomic E-state index is 12.1. The summed E-state index contributed by atoms with van der Waals surface area (Å²) in [5.74, 6) is -0.0123. The first kappa shape index (κ1) is 14.8. The van der Waals surface area contributed by atoms with Gasteiger partial charge in [-0.25, -0.2) is 0 Å². The van der Waals surface area contributed by atoms with Crippen molar-refractivity contribution >= 4 is 22.9 Å². The number of benzene rings is 1. The maximum absolute atomic E-state index is 12.1. The van der Waals surface area contributed by atoms with Crippen LogP contribution in [0.2, 0.25) is 0 Å². The molecule has 1 amide bonds. The second-order valence-corrected chi connectivity index (χ2v) is 5.78. The molecule has 1 heterocycles. The molecule has 1 atom stereocenters. The van der Waals surface area contributed by atoms with Gasteiger partial charge in [0.1, 0.15) is 0 Å². The average molecular weight is 288 g/mol. The minimum Gasteiger partial charge on any atom is -0.325 e. The van der Waals surface area contributed by atoms with E-state index in [1.807, 2.05) is 38.1 Å². The molecule has 20 heavy (non-hydrogen) atoms. The van der Waals surface area contributed by atoms with Crippen molar-refractivity contribution in [3.63, 3.8) is 0 Å². The van der Waals surface area contributed by atoms with Gasteiger partial charge >= 0.3 is 0 Å². The molecule has 4 heteroatoms. The van der Waals surface area contributed by atoms with E-state index in [0.717, 1.165) is 12.2 Å². The van der Waals surface area contributed by atoms with Crippen LogP contribution in [-0.4, -0.2) is 11.9 Å². The number of anilines is 1. The van der Waals surface area contributed by atoms with Gasteiger partial charge < -0.3 is 10.6 Å². The van der Waals surface area contributed by atoms with Crippen LogP contribution in [0.5, 0.6) is 0 Å². The van der Waals surface area contributed by atoms with Crippen molar-refractivity contribution in [2.45, 2.75) is 33.4 Å². The molecule has 2 N–H and O–H groups in total. The third kappa shape index (κ3) is 3.92. The molecular weight excluding hydrogens is 268 g/mol. The average Bonchev–Trinajstić information content (AvgIpc) is 2.84. The maximum Gasteiger partial charge on any atom is 0.241 e. The van der Waals surface area contributed by atoms with Crippen molar-refractivity contribution < 1.29 is 4.79 Å². The van der Waals surface area contributed by atoms with Gasteiger partial charge in [-0.05, 0) is 54.8 Å². The van der Waals surface area contributed by atoms with E-state index in [9.17, 15) is 4.79 Å². The molecule has 1 aromatic carbocycles. The standard InChI is InChI=1S/C16H20N2OS/c1-11-4-6-15(7-5-11)18-16(19)13(3)17-8-14-10-20-9-12(14)2/h4-7,9-10,13,17H,8H2,1-3H3,(H,18,19). The number of aryl methyl sites for hydroxylation is 2. The lowest BCUT2D eigenvalue weighted by Crippen LogP contribution is -2.37. The number of thiophene rings is 1. The van der Waals surface area contributed by atoms with Crippen molar-refractivity contribution in [3.05, 3.63) is 51.7 Å².